The molecular formula is C23H33B. The summed E-state index contributed by atoms with van der Waals surface area (Å²) in [5.41, 5.74) is 2.25. The second-order valence-electron chi connectivity index (χ2n) is 10.2. The monoisotopic (exact) mass is 320 g/mol. The lowest BCUT2D eigenvalue weighted by Crippen LogP contribution is -2.57. The summed E-state index contributed by atoms with van der Waals surface area (Å²) < 4.78 is 0. The van der Waals surface area contributed by atoms with E-state index in [-0.39, 0.29) is 0 Å². The van der Waals surface area contributed by atoms with Crippen LogP contribution in [0.3, 0.4) is 0 Å². The molecular weight excluding hydrogens is 287 g/mol. The number of hydrogen-bond donors (Lipinski definition) is 0. The summed E-state index contributed by atoms with van der Waals surface area (Å²) in [4.78, 5) is 0. The van der Waals surface area contributed by atoms with Gasteiger partial charge >= 0.3 is 0 Å². The van der Waals surface area contributed by atoms with Crippen LogP contribution >= 0.6 is 0 Å². The summed E-state index contributed by atoms with van der Waals surface area (Å²) in [5.74, 6) is 5.90. The summed E-state index contributed by atoms with van der Waals surface area (Å²) in [6, 6.07) is 11.7. The molecule has 0 N–H and O–H groups in total. The first kappa shape index (κ1) is 15.5. The van der Waals surface area contributed by atoms with Crippen LogP contribution in [0.1, 0.15) is 76.7 Å². The maximum atomic E-state index is 2.57. The second kappa shape index (κ2) is 5.65. The van der Waals surface area contributed by atoms with Crippen LogP contribution in [-0.4, -0.2) is 6.71 Å². The summed E-state index contributed by atoms with van der Waals surface area (Å²) in [6.07, 6.45) is 12.2. The minimum absolute atomic E-state index is 0.584. The van der Waals surface area contributed by atoms with Crippen molar-refractivity contribution in [1.82, 2.24) is 0 Å². The largest absolute Gasteiger partial charge is 0.150 e. The smallest absolute Gasteiger partial charge is 0.0622 e. The Bertz CT molecular complexity index is 569. The highest BCUT2D eigenvalue weighted by Gasteiger charge is 2.61. The van der Waals surface area contributed by atoms with Gasteiger partial charge in [0.25, 0.3) is 0 Å². The van der Waals surface area contributed by atoms with Crippen LogP contribution < -0.4 is 0 Å². The quantitative estimate of drug-likeness (QED) is 0.525. The molecule has 0 amide bonds. The van der Waals surface area contributed by atoms with Gasteiger partial charge in [0, 0.05) is 0 Å². The van der Waals surface area contributed by atoms with Gasteiger partial charge in [-0.1, -0.05) is 107 Å². The van der Waals surface area contributed by atoms with E-state index in [1.807, 2.05) is 0 Å². The van der Waals surface area contributed by atoms with Gasteiger partial charge in [-0.2, -0.15) is 0 Å². The number of rotatable bonds is 2. The lowest BCUT2D eigenvalue weighted by Gasteiger charge is -2.65. The van der Waals surface area contributed by atoms with Crippen molar-refractivity contribution in [3.05, 3.63) is 35.9 Å². The van der Waals surface area contributed by atoms with Gasteiger partial charge in [-0.25, -0.2) is 0 Å². The molecule has 4 bridgehead atoms. The van der Waals surface area contributed by atoms with Crippen molar-refractivity contribution in [1.29, 1.82) is 0 Å². The Labute approximate surface area is 148 Å². The van der Waals surface area contributed by atoms with Crippen molar-refractivity contribution < 1.29 is 0 Å². The Morgan fingerprint density at radius 2 is 1.50 bits per heavy atom. The molecule has 3 saturated carbocycles. The minimum Gasteiger partial charge on any atom is -0.0622 e. The topological polar surface area (TPSA) is 0 Å². The van der Waals surface area contributed by atoms with E-state index in [0.29, 0.717) is 5.41 Å². The average Bonchev–Trinajstić information content (AvgIpc) is 2.61. The van der Waals surface area contributed by atoms with E-state index in [1.54, 1.807) is 5.56 Å². The van der Waals surface area contributed by atoms with E-state index in [2.05, 4.69) is 44.2 Å². The number of hydrogen-bond acceptors (Lipinski definition) is 0. The van der Waals surface area contributed by atoms with Crippen molar-refractivity contribution in [3.8, 4) is 0 Å². The lowest BCUT2D eigenvalue weighted by molar-refractivity contribution is -0.0815. The van der Waals surface area contributed by atoms with E-state index in [9.17, 15) is 0 Å². The molecule has 5 fully saturated rings. The van der Waals surface area contributed by atoms with Gasteiger partial charge in [0.05, 0.1) is 0 Å². The first-order valence-corrected chi connectivity index (χ1v) is 10.7. The highest BCUT2D eigenvalue weighted by Crippen LogP contribution is 2.70. The van der Waals surface area contributed by atoms with E-state index in [1.165, 1.54) is 51.4 Å². The van der Waals surface area contributed by atoms with Crippen LogP contribution in [0.15, 0.2) is 30.3 Å². The van der Waals surface area contributed by atoms with E-state index in [4.69, 9.17) is 0 Å². The average molecular weight is 320 g/mol. The van der Waals surface area contributed by atoms with Gasteiger partial charge in [-0.15, -0.1) is 0 Å². The molecule has 1 aromatic rings. The van der Waals surface area contributed by atoms with E-state index < -0.39 is 0 Å². The van der Waals surface area contributed by atoms with Crippen LogP contribution in [0.5, 0.6) is 0 Å². The summed E-state index contributed by atoms with van der Waals surface area (Å²) in [7, 11) is 0. The Balaban J connectivity index is 1.52. The third-order valence-electron chi connectivity index (χ3n) is 9.06. The maximum absolute atomic E-state index is 2.57. The summed E-state index contributed by atoms with van der Waals surface area (Å²) in [6.45, 7) is 6.19. The van der Waals surface area contributed by atoms with Gasteiger partial charge in [-0.05, 0) is 35.2 Å². The molecule has 2 heterocycles. The molecule has 3 aliphatic carbocycles. The van der Waals surface area contributed by atoms with Crippen molar-refractivity contribution in [2.45, 2.75) is 88.6 Å². The SMILES string of the molecule is CC1(C)[C@H]2C[C@@H]1[C@@H](c1ccccc1)[C@H](B1C3CCCC1CCC3)C2. The van der Waals surface area contributed by atoms with Crippen LogP contribution in [-0.2, 0) is 0 Å². The third-order valence-corrected chi connectivity index (χ3v) is 9.06. The molecule has 0 spiro atoms. The molecule has 1 heteroatoms. The molecule has 0 unspecified atom stereocenters. The highest BCUT2D eigenvalue weighted by molar-refractivity contribution is 6.64. The van der Waals surface area contributed by atoms with Crippen LogP contribution in [0.25, 0.3) is 0 Å². The predicted octanol–water partition coefficient (Wildman–Crippen LogP) is 6.81. The molecule has 0 aromatic heterocycles. The van der Waals surface area contributed by atoms with Crippen molar-refractivity contribution in [2.75, 3.05) is 0 Å². The van der Waals surface area contributed by atoms with Crippen LogP contribution in [0.2, 0.25) is 17.5 Å². The van der Waals surface area contributed by atoms with Gasteiger partial charge in [0.15, 0.2) is 0 Å². The fourth-order valence-electron chi connectivity index (χ4n) is 7.82. The maximum Gasteiger partial charge on any atom is 0.150 e. The van der Waals surface area contributed by atoms with Crippen LogP contribution in [0.4, 0.5) is 0 Å². The minimum atomic E-state index is 0.584. The zero-order valence-electron chi connectivity index (χ0n) is 15.6. The fourth-order valence-corrected chi connectivity index (χ4v) is 7.82. The third kappa shape index (κ3) is 2.19. The molecule has 128 valence electrons. The molecule has 4 atom stereocenters. The standard InChI is InChI=1S/C23H33B/c1-23(2)17-14-20(23)22(16-8-4-3-5-9-16)21(15-17)24-18-10-6-11-19(24)13-7-12-18/h3-5,8-9,17-22H,6-7,10-15H2,1-2H3/t17-,18?,19?,20+,21+,22+/m0/s1. The lowest BCUT2D eigenvalue weighted by atomic mass is 9.17. The number of fused-ring (bicyclic) bond motifs is 5. The number of benzene rings is 1. The molecule has 24 heavy (non-hydrogen) atoms. The molecule has 2 aliphatic heterocycles. The first-order chi connectivity index (χ1) is 11.7. The normalized spacial score (nSPS) is 43.2. The molecule has 2 saturated heterocycles. The summed E-state index contributed by atoms with van der Waals surface area (Å²) >= 11 is 0. The Kier molecular flexibility index (Phi) is 3.65. The fraction of sp³-hybridized carbons (Fsp3) is 0.739. The Morgan fingerprint density at radius 1 is 0.875 bits per heavy atom. The van der Waals surface area contributed by atoms with Crippen molar-refractivity contribution in [3.63, 3.8) is 0 Å². The Morgan fingerprint density at radius 3 is 2.08 bits per heavy atom. The molecule has 6 rings (SSSR count). The molecule has 5 aliphatic rings. The van der Waals surface area contributed by atoms with Gasteiger partial charge < -0.3 is 0 Å². The van der Waals surface area contributed by atoms with Gasteiger partial charge in [0.2, 0.25) is 0 Å². The van der Waals surface area contributed by atoms with Crippen molar-refractivity contribution in [2.24, 2.45) is 17.3 Å². The van der Waals surface area contributed by atoms with E-state index >= 15 is 0 Å². The predicted molar refractivity (Wildman–Crippen MR) is 104 cm³/mol. The second-order valence-corrected chi connectivity index (χ2v) is 10.2. The molecule has 0 nitrogen and oxygen atoms in total. The first-order valence-electron chi connectivity index (χ1n) is 10.7. The molecule has 0 radical (unpaired) electrons. The molecule has 1 aromatic carbocycles. The highest BCUT2D eigenvalue weighted by atomic mass is 14.6. The Hall–Kier alpha value is -0.715. The van der Waals surface area contributed by atoms with Crippen LogP contribution in [0, 0.1) is 17.3 Å². The van der Waals surface area contributed by atoms with Crippen molar-refractivity contribution >= 4 is 6.71 Å². The zero-order chi connectivity index (χ0) is 16.3. The van der Waals surface area contributed by atoms with Gasteiger partial charge in [0.1, 0.15) is 6.71 Å². The summed E-state index contributed by atoms with van der Waals surface area (Å²) in [5, 5.41) is 0. The van der Waals surface area contributed by atoms with Gasteiger partial charge in [-0.3, -0.25) is 0 Å². The zero-order valence-corrected chi connectivity index (χ0v) is 15.6. The van der Waals surface area contributed by atoms with E-state index in [0.717, 1.165) is 41.9 Å².